The molecular weight excluding hydrogens is 199 g/mol. The molecule has 1 rings (SSSR count). The summed E-state index contributed by atoms with van der Waals surface area (Å²) in [5, 5.41) is 0.465. The fourth-order valence-electron chi connectivity index (χ4n) is 0.385. The molecule has 1 N–H and O–H groups in total. The van der Waals surface area contributed by atoms with Crippen molar-refractivity contribution in [3.8, 4) is 0 Å². The van der Waals surface area contributed by atoms with Crippen LogP contribution in [0.1, 0.15) is 1.43 Å². The van der Waals surface area contributed by atoms with Gasteiger partial charge in [0.1, 0.15) is 0 Å². The normalized spacial score (nSPS) is 8.69. The maximum Gasteiger partial charge on any atom is 1.00 e. The molecule has 0 saturated carbocycles. The molecule has 0 atom stereocenters. The maximum atomic E-state index is 9.44. The molecule has 0 spiro atoms. The molecule has 13 heavy (non-hydrogen) atoms. The third-order valence-corrected chi connectivity index (χ3v) is 1.30. The molecule has 5 heteroatoms. The van der Waals surface area contributed by atoms with E-state index in [-0.39, 0.29) is 31.0 Å². The van der Waals surface area contributed by atoms with Crippen molar-refractivity contribution in [2.45, 2.75) is 0 Å². The van der Waals surface area contributed by atoms with Gasteiger partial charge in [0, 0.05) is 0 Å². The average Bonchev–Trinajstić information content (AvgIpc) is 2.07. The molecule has 1 aromatic rings. The monoisotopic (exact) mass is 210 g/mol. The summed E-state index contributed by atoms with van der Waals surface area (Å²) in [6, 6.07) is 12.0. The molecule has 0 aromatic heterocycles. The van der Waals surface area contributed by atoms with Gasteiger partial charge in [-0.1, -0.05) is 43.0 Å². The van der Waals surface area contributed by atoms with Crippen LogP contribution >= 0.6 is 0 Å². The summed E-state index contributed by atoms with van der Waals surface area (Å²) in [5.74, 6) is 0. The smallest absolute Gasteiger partial charge is 1.00 e. The number of hydrogen-bond donors (Lipinski definition) is 1. The van der Waals surface area contributed by atoms with Gasteiger partial charge in [0.05, 0.1) is 5.41 Å². The van der Waals surface area contributed by atoms with Crippen LogP contribution in [-0.2, 0) is 10.1 Å². The fraction of sp³-hybridized carbons (Fsp3) is 0. The van der Waals surface area contributed by atoms with Crippen molar-refractivity contribution >= 4 is 10.1 Å². The van der Waals surface area contributed by atoms with Gasteiger partial charge in [0.25, 0.3) is 10.1 Å². The van der Waals surface area contributed by atoms with Crippen molar-refractivity contribution < 1.29 is 44.0 Å². The fourth-order valence-corrected chi connectivity index (χ4v) is 0.385. The first-order valence-electron chi connectivity index (χ1n) is 3.16. The molecule has 0 aliphatic rings. The molecule has 0 unspecified atom stereocenters. The van der Waals surface area contributed by atoms with Gasteiger partial charge in [-0.05, 0) is 0 Å². The molecule has 3 nitrogen and oxygen atoms in total. The minimum Gasteiger partial charge on any atom is -1.00 e. The Morgan fingerprint density at radius 2 is 1.23 bits per heavy atom. The Labute approximate surface area is 102 Å². The predicted octanol–water partition coefficient (Wildman–Crippen LogP) is -1.18. The van der Waals surface area contributed by atoms with Crippen LogP contribution in [0.15, 0.2) is 48.4 Å². The summed E-state index contributed by atoms with van der Waals surface area (Å²) >= 11 is 0. The van der Waals surface area contributed by atoms with Crippen molar-refractivity contribution in [1.82, 2.24) is 0 Å². The minimum atomic E-state index is -3.90. The first kappa shape index (κ1) is 15.3. The quantitative estimate of drug-likeness (QED) is 0.469. The molecule has 0 radical (unpaired) electrons. The SMILES string of the molecule is C=CS(=O)(=O)O.[H-].[Na+].c1ccccc1. The van der Waals surface area contributed by atoms with Crippen molar-refractivity contribution in [2.75, 3.05) is 0 Å². The topological polar surface area (TPSA) is 54.4 Å². The summed E-state index contributed by atoms with van der Waals surface area (Å²) in [6.07, 6.45) is 0. The van der Waals surface area contributed by atoms with Crippen molar-refractivity contribution in [2.24, 2.45) is 0 Å². The zero-order valence-corrected chi connectivity index (χ0v) is 10.2. The zero-order valence-electron chi connectivity index (χ0n) is 8.42. The molecule has 0 amide bonds. The summed E-state index contributed by atoms with van der Waals surface area (Å²) < 4.78 is 26.6. The van der Waals surface area contributed by atoms with Crippen LogP contribution in [0.3, 0.4) is 0 Å². The second kappa shape index (κ2) is 8.47. The Morgan fingerprint density at radius 3 is 1.31 bits per heavy atom. The molecule has 0 fully saturated rings. The van der Waals surface area contributed by atoms with E-state index in [0.29, 0.717) is 5.41 Å². The van der Waals surface area contributed by atoms with Crippen LogP contribution in [0.5, 0.6) is 0 Å². The van der Waals surface area contributed by atoms with Crippen LogP contribution in [0.2, 0.25) is 0 Å². The molecule has 0 saturated heterocycles. The zero-order chi connectivity index (χ0) is 9.45. The van der Waals surface area contributed by atoms with E-state index >= 15 is 0 Å². The Bertz CT molecular complexity index is 274. The first-order chi connectivity index (χ1) is 5.56. The molecular formula is C8H11NaO3S. The summed E-state index contributed by atoms with van der Waals surface area (Å²) in [5.41, 5.74) is 0. The van der Waals surface area contributed by atoms with E-state index < -0.39 is 10.1 Å². The van der Waals surface area contributed by atoms with Gasteiger partial charge in [-0.15, -0.1) is 0 Å². The molecule has 0 heterocycles. The third-order valence-electron chi connectivity index (χ3n) is 0.877. The van der Waals surface area contributed by atoms with E-state index in [1.54, 1.807) is 0 Å². The molecule has 0 aliphatic carbocycles. The molecule has 0 bridgehead atoms. The van der Waals surface area contributed by atoms with Gasteiger partial charge in [0.15, 0.2) is 0 Å². The van der Waals surface area contributed by atoms with Gasteiger partial charge in [-0.2, -0.15) is 8.42 Å². The molecule has 68 valence electrons. The predicted molar refractivity (Wildman–Crippen MR) is 49.3 cm³/mol. The number of hydrogen-bond acceptors (Lipinski definition) is 2. The Balaban J connectivity index is -0.000000151. The second-order valence-corrected chi connectivity index (χ2v) is 3.20. The first-order valence-corrected chi connectivity index (χ1v) is 4.66. The van der Waals surface area contributed by atoms with Crippen LogP contribution in [-0.4, -0.2) is 13.0 Å². The van der Waals surface area contributed by atoms with E-state index in [9.17, 15) is 8.42 Å². The van der Waals surface area contributed by atoms with E-state index in [4.69, 9.17) is 4.55 Å². The van der Waals surface area contributed by atoms with Gasteiger partial charge < -0.3 is 1.43 Å². The van der Waals surface area contributed by atoms with Gasteiger partial charge >= 0.3 is 29.6 Å². The Morgan fingerprint density at radius 1 is 1.08 bits per heavy atom. The van der Waals surface area contributed by atoms with Crippen LogP contribution < -0.4 is 29.6 Å². The number of benzene rings is 1. The van der Waals surface area contributed by atoms with E-state index in [1.807, 2.05) is 36.4 Å². The number of rotatable bonds is 1. The van der Waals surface area contributed by atoms with E-state index in [0.717, 1.165) is 0 Å². The summed E-state index contributed by atoms with van der Waals surface area (Å²) in [4.78, 5) is 0. The Kier molecular flexibility index (Phi) is 10.00. The van der Waals surface area contributed by atoms with E-state index in [2.05, 4.69) is 6.58 Å². The van der Waals surface area contributed by atoms with Crippen LogP contribution in [0.4, 0.5) is 0 Å². The second-order valence-electron chi connectivity index (χ2n) is 1.84. The maximum absolute atomic E-state index is 9.44. The largest absolute Gasteiger partial charge is 1.00 e. The summed E-state index contributed by atoms with van der Waals surface area (Å²) in [6.45, 7) is 2.79. The van der Waals surface area contributed by atoms with E-state index in [1.165, 1.54) is 0 Å². The standard InChI is InChI=1S/C6H6.C2H4O3S.Na.H/c1-2-4-6-5-3-1;1-2-6(3,4)5;;/h1-6H;2H,1H2,(H,3,4,5);;/q;;+1;-1. The van der Waals surface area contributed by atoms with Gasteiger partial charge in [-0.25, -0.2) is 0 Å². The van der Waals surface area contributed by atoms with Crippen LogP contribution in [0.25, 0.3) is 0 Å². The van der Waals surface area contributed by atoms with Crippen molar-refractivity contribution in [3.05, 3.63) is 48.4 Å². The third kappa shape index (κ3) is 14.7. The summed E-state index contributed by atoms with van der Waals surface area (Å²) in [7, 11) is -3.90. The molecule has 0 aliphatic heterocycles. The van der Waals surface area contributed by atoms with Crippen molar-refractivity contribution in [1.29, 1.82) is 0 Å². The Hall–Kier alpha value is -0.130. The van der Waals surface area contributed by atoms with Gasteiger partial charge in [0.2, 0.25) is 0 Å². The van der Waals surface area contributed by atoms with Gasteiger partial charge in [-0.3, -0.25) is 4.55 Å². The minimum absolute atomic E-state index is 0. The van der Waals surface area contributed by atoms with Crippen molar-refractivity contribution in [3.63, 3.8) is 0 Å². The van der Waals surface area contributed by atoms with Crippen LogP contribution in [0, 0.1) is 0 Å². The molecule has 1 aromatic carbocycles. The average molecular weight is 210 g/mol.